The van der Waals surface area contributed by atoms with Gasteiger partial charge in [0.15, 0.2) is 11.2 Å². The second-order valence-electron chi connectivity index (χ2n) is 26.5. The van der Waals surface area contributed by atoms with E-state index >= 15 is 0 Å². The molecule has 22 rings (SSSR count). The summed E-state index contributed by atoms with van der Waals surface area (Å²) < 4.78 is 27.7. The van der Waals surface area contributed by atoms with Gasteiger partial charge in [-0.3, -0.25) is 0 Å². The van der Waals surface area contributed by atoms with Crippen LogP contribution >= 0.6 is 34.0 Å². The van der Waals surface area contributed by atoms with Gasteiger partial charge in [0.25, 0.3) is 0 Å². The molecule has 6 aromatic heterocycles. The maximum atomic E-state index is 6.82. The molecule has 22 aromatic rings. The minimum Gasteiger partial charge on any atom is -0.456 e. The Bertz CT molecular complexity index is 7090. The minimum absolute atomic E-state index is 0.846. The number of anilines is 6. The predicted molar refractivity (Wildman–Crippen MR) is 444 cm³/mol. The molecule has 0 aliphatic carbocycles. The van der Waals surface area contributed by atoms with Crippen LogP contribution in [0.25, 0.3) is 171 Å². The Morgan fingerprint density at radius 2 is 0.606 bits per heavy atom. The molecule has 0 atom stereocenters. The second-order valence-corrected chi connectivity index (χ2v) is 29.6. The molecule has 6 heterocycles. The van der Waals surface area contributed by atoms with Gasteiger partial charge in [0.1, 0.15) is 22.3 Å². The normalized spacial score (nSPS) is 11.8. The van der Waals surface area contributed by atoms with E-state index in [0.717, 1.165) is 110 Å². The number of nitrogens with zero attached hydrogens (tertiary/aromatic N) is 2. The monoisotopic (exact) mass is 1380 g/mol. The van der Waals surface area contributed by atoms with E-state index in [4.69, 9.17) is 13.3 Å². The highest BCUT2D eigenvalue weighted by atomic mass is 32.1. The van der Waals surface area contributed by atoms with E-state index in [1.807, 2.05) is 34.8 Å². The number of hydrogen-bond donors (Lipinski definition) is 0. The van der Waals surface area contributed by atoms with Gasteiger partial charge >= 0.3 is 0 Å². The van der Waals surface area contributed by atoms with Crippen LogP contribution in [0, 0.1) is 0 Å². The number of hydrogen-bond acceptors (Lipinski definition) is 8. The molecule has 5 nitrogen and oxygen atoms in total. The summed E-state index contributed by atoms with van der Waals surface area (Å²) >= 11 is 5.49. The lowest BCUT2D eigenvalue weighted by Gasteiger charge is -2.27. The summed E-state index contributed by atoms with van der Waals surface area (Å²) in [7, 11) is 0. The first-order chi connectivity index (χ1) is 51.6. The zero-order chi connectivity index (χ0) is 68.3. The SMILES string of the molecule is c1ccc(-c2ccc(N(c3ccc4c(c3)oc3cc(-c5ccccc5)ccc34)c3cc4c5ccccc5sc4c4oc5ccccc5c34)cc2)cc1.c1ccc(-c2ccc(N(c3cccc4c3sc3c(-c5ccccc5)cccc34)c3cc4c5ccccc5sc4c4oc5ccccc5c34)cc2)cc1. The Morgan fingerprint density at radius 3 is 1.16 bits per heavy atom. The molecule has 0 amide bonds. The second kappa shape index (κ2) is 24.5. The molecule has 0 aliphatic heterocycles. The maximum Gasteiger partial charge on any atom is 0.155 e. The van der Waals surface area contributed by atoms with Crippen LogP contribution in [0.5, 0.6) is 0 Å². The van der Waals surface area contributed by atoms with Crippen LogP contribution in [0.15, 0.2) is 365 Å². The van der Waals surface area contributed by atoms with E-state index in [9.17, 15) is 0 Å². The number of thiophene rings is 3. The van der Waals surface area contributed by atoms with Crippen molar-refractivity contribution >= 4 is 194 Å². The molecule has 104 heavy (non-hydrogen) atoms. The summed E-state index contributed by atoms with van der Waals surface area (Å²) in [6.45, 7) is 0. The van der Waals surface area contributed by atoms with Crippen molar-refractivity contribution in [2.24, 2.45) is 0 Å². The van der Waals surface area contributed by atoms with Gasteiger partial charge in [-0.1, -0.05) is 255 Å². The topological polar surface area (TPSA) is 45.9 Å². The quantitative estimate of drug-likeness (QED) is 0.137. The zero-order valence-corrected chi connectivity index (χ0v) is 58.3. The van der Waals surface area contributed by atoms with E-state index in [1.54, 1.807) is 11.3 Å². The summed E-state index contributed by atoms with van der Waals surface area (Å²) in [6.07, 6.45) is 0. The van der Waals surface area contributed by atoms with Gasteiger partial charge in [0, 0.05) is 91.1 Å². The summed E-state index contributed by atoms with van der Waals surface area (Å²) in [5.74, 6) is 0. The van der Waals surface area contributed by atoms with Crippen molar-refractivity contribution < 1.29 is 13.3 Å². The van der Waals surface area contributed by atoms with Crippen LogP contribution in [0.2, 0.25) is 0 Å². The Kier molecular flexibility index (Phi) is 14.1. The van der Waals surface area contributed by atoms with Crippen molar-refractivity contribution in [2.45, 2.75) is 0 Å². The van der Waals surface area contributed by atoms with Gasteiger partial charge < -0.3 is 23.1 Å². The molecule has 0 unspecified atom stereocenters. The molecule has 0 saturated heterocycles. The minimum atomic E-state index is 0.846. The Labute approximate surface area is 609 Å². The van der Waals surface area contributed by atoms with Gasteiger partial charge in [0.05, 0.1) is 41.9 Å². The number of fused-ring (bicyclic) bond motifs is 20. The van der Waals surface area contributed by atoms with E-state index in [0.29, 0.717) is 0 Å². The molecule has 0 radical (unpaired) electrons. The summed E-state index contributed by atoms with van der Waals surface area (Å²) in [6, 6.07) is 126. The average molecular weight is 1380 g/mol. The molecule has 0 saturated carbocycles. The van der Waals surface area contributed by atoms with Crippen molar-refractivity contribution in [3.05, 3.63) is 352 Å². The fraction of sp³-hybridized carbons (Fsp3) is 0. The fourth-order valence-electron chi connectivity index (χ4n) is 15.7. The van der Waals surface area contributed by atoms with E-state index in [2.05, 4.69) is 350 Å². The highest BCUT2D eigenvalue weighted by Crippen LogP contribution is 2.55. The molecule has 0 N–H and O–H groups in total. The maximum absolute atomic E-state index is 6.82. The number of rotatable bonds is 10. The highest BCUT2D eigenvalue weighted by molar-refractivity contribution is 7.27. The van der Waals surface area contributed by atoms with Gasteiger partial charge in [-0.25, -0.2) is 0 Å². The van der Waals surface area contributed by atoms with Gasteiger partial charge in [-0.2, -0.15) is 0 Å². The molecule has 0 fully saturated rings. The molecule has 0 aliphatic rings. The third-order valence-corrected chi connectivity index (χ3v) is 24.2. The lowest BCUT2D eigenvalue weighted by atomic mass is 10.0. The predicted octanol–water partition coefficient (Wildman–Crippen LogP) is 29.8. The van der Waals surface area contributed by atoms with Crippen LogP contribution in [0.4, 0.5) is 34.1 Å². The summed E-state index contributed by atoms with van der Waals surface area (Å²) in [4.78, 5) is 4.85. The first kappa shape index (κ1) is 60.0. The standard InChI is InChI=1S/C48H29NO2S.C48H29NOS2/c1-3-11-30(12-4-1)32-19-22-34(23-20-32)49(35-24-26-37-36-25-21-33(31-13-5-2-6-14-31)27-43(36)50-44(37)28-35)41-29-40-38-15-8-10-18-45(38)52-48(40)47-46(41)39-16-7-9-17-42(39)51-47;1-3-13-30(14-4-1)31-25-27-33(28-26-31)49(40-22-12-21-37-36-20-11-19-34(46(36)52-47(37)40)32-15-5-2-6-16-32)41-29-39-35-17-8-10-24-43(35)51-48(39)45-44(41)38-18-7-9-23-42(38)50-45/h2*1-29H. The summed E-state index contributed by atoms with van der Waals surface area (Å²) in [5.41, 5.74) is 21.4. The average Bonchev–Trinajstić information content (AvgIpc) is 1.54. The van der Waals surface area contributed by atoms with Gasteiger partial charge in [-0.15, -0.1) is 34.0 Å². The van der Waals surface area contributed by atoms with Crippen LogP contribution in [0.3, 0.4) is 0 Å². The summed E-state index contributed by atoms with van der Waals surface area (Å²) in [5, 5.41) is 14.1. The van der Waals surface area contributed by atoms with Crippen molar-refractivity contribution in [3.8, 4) is 44.5 Å². The third kappa shape index (κ3) is 9.86. The first-order valence-electron chi connectivity index (χ1n) is 35.0. The van der Waals surface area contributed by atoms with Crippen LogP contribution in [0.1, 0.15) is 0 Å². The lowest BCUT2D eigenvalue weighted by molar-refractivity contribution is 0.669. The molecule has 0 spiro atoms. The van der Waals surface area contributed by atoms with Crippen molar-refractivity contribution in [3.63, 3.8) is 0 Å². The highest BCUT2D eigenvalue weighted by Gasteiger charge is 2.28. The van der Waals surface area contributed by atoms with Gasteiger partial charge in [-0.05, 0) is 136 Å². The number of furan rings is 3. The third-order valence-electron chi connectivity index (χ3n) is 20.5. The Balaban J connectivity index is 0.000000134. The molecular weight excluding hydrogens is 1330 g/mol. The zero-order valence-electron chi connectivity index (χ0n) is 55.8. The smallest absolute Gasteiger partial charge is 0.155 e. The van der Waals surface area contributed by atoms with Crippen LogP contribution < -0.4 is 9.80 Å². The van der Waals surface area contributed by atoms with Crippen LogP contribution in [-0.4, -0.2) is 0 Å². The Hall–Kier alpha value is -12.8. The van der Waals surface area contributed by atoms with Gasteiger partial charge in [0.2, 0.25) is 0 Å². The largest absolute Gasteiger partial charge is 0.456 e. The van der Waals surface area contributed by atoms with E-state index in [-0.39, 0.29) is 0 Å². The molecule has 488 valence electrons. The van der Waals surface area contributed by atoms with E-state index < -0.39 is 0 Å². The molecule has 0 bridgehead atoms. The fourth-order valence-corrected chi connectivity index (χ4v) is 19.4. The molecule has 16 aromatic carbocycles. The number of benzene rings is 16. The number of para-hydroxylation sites is 2. The molecular formula is C96H58N2O3S3. The molecule has 8 heteroatoms. The van der Waals surface area contributed by atoms with Crippen molar-refractivity contribution in [1.82, 2.24) is 0 Å². The lowest BCUT2D eigenvalue weighted by Crippen LogP contribution is -2.10. The first-order valence-corrected chi connectivity index (χ1v) is 37.5. The van der Waals surface area contributed by atoms with Crippen molar-refractivity contribution in [2.75, 3.05) is 9.80 Å². The Morgan fingerprint density at radius 1 is 0.202 bits per heavy atom. The van der Waals surface area contributed by atoms with Crippen molar-refractivity contribution in [1.29, 1.82) is 0 Å². The van der Waals surface area contributed by atoms with E-state index in [1.165, 1.54) is 94.8 Å². The van der Waals surface area contributed by atoms with Crippen LogP contribution in [-0.2, 0) is 0 Å².